The first-order valence-corrected chi connectivity index (χ1v) is 7.77. The number of anilines is 1. The van der Waals surface area contributed by atoms with E-state index in [4.69, 9.17) is 5.11 Å². The van der Waals surface area contributed by atoms with E-state index < -0.39 is 5.97 Å². The van der Waals surface area contributed by atoms with Crippen molar-refractivity contribution in [3.05, 3.63) is 64.7 Å². The van der Waals surface area contributed by atoms with Gasteiger partial charge in [-0.1, -0.05) is 24.3 Å². The number of aromatic carboxylic acids is 1. The number of hydrogen-bond donors (Lipinski definition) is 1. The van der Waals surface area contributed by atoms with Crippen LogP contribution in [0.15, 0.2) is 42.5 Å². The average molecular weight is 309 g/mol. The normalized spacial score (nSPS) is 13.5. The summed E-state index contributed by atoms with van der Waals surface area (Å²) in [6.45, 7) is 2.77. The van der Waals surface area contributed by atoms with Crippen molar-refractivity contribution in [3.63, 3.8) is 0 Å². The summed E-state index contributed by atoms with van der Waals surface area (Å²) in [6.07, 6.45) is 2.26. The van der Waals surface area contributed by atoms with Gasteiger partial charge in [-0.2, -0.15) is 0 Å². The first kappa shape index (κ1) is 15.3. The molecule has 4 nitrogen and oxygen atoms in total. The van der Waals surface area contributed by atoms with Crippen molar-refractivity contribution in [1.29, 1.82) is 0 Å². The summed E-state index contributed by atoms with van der Waals surface area (Å²) in [7, 11) is 0. The number of carboxylic acids is 1. The van der Waals surface area contributed by atoms with Crippen molar-refractivity contribution in [2.75, 3.05) is 11.4 Å². The van der Waals surface area contributed by atoms with Crippen LogP contribution in [0, 0.1) is 6.92 Å². The van der Waals surface area contributed by atoms with Gasteiger partial charge in [0.1, 0.15) is 0 Å². The third-order valence-corrected chi connectivity index (χ3v) is 4.22. The highest BCUT2D eigenvalue weighted by Crippen LogP contribution is 2.28. The van der Waals surface area contributed by atoms with E-state index in [0.29, 0.717) is 0 Å². The SMILES string of the molecule is Cc1ccc2c(c1)N(C(=O)Cc1ccc(C(=O)O)cc1)CCC2. The lowest BCUT2D eigenvalue weighted by atomic mass is 9.99. The average Bonchev–Trinajstić information content (AvgIpc) is 2.54. The molecular weight excluding hydrogens is 290 g/mol. The molecule has 1 aliphatic rings. The number of rotatable bonds is 3. The molecule has 0 saturated carbocycles. The number of amides is 1. The second-order valence-corrected chi connectivity index (χ2v) is 5.96. The molecule has 0 aromatic heterocycles. The van der Waals surface area contributed by atoms with Crippen molar-refractivity contribution < 1.29 is 14.7 Å². The van der Waals surface area contributed by atoms with E-state index in [1.54, 1.807) is 24.3 Å². The van der Waals surface area contributed by atoms with Crippen LogP contribution in [0.25, 0.3) is 0 Å². The molecule has 0 unspecified atom stereocenters. The van der Waals surface area contributed by atoms with Crippen LogP contribution in [0.5, 0.6) is 0 Å². The summed E-state index contributed by atoms with van der Waals surface area (Å²) in [5.41, 5.74) is 4.45. The van der Waals surface area contributed by atoms with Crippen LogP contribution in [0.1, 0.15) is 33.5 Å². The summed E-state index contributed by atoms with van der Waals surface area (Å²) in [6, 6.07) is 12.8. The van der Waals surface area contributed by atoms with Gasteiger partial charge in [-0.3, -0.25) is 4.79 Å². The van der Waals surface area contributed by atoms with Crippen LogP contribution in [-0.2, 0) is 17.6 Å². The van der Waals surface area contributed by atoms with Crippen molar-refractivity contribution in [2.24, 2.45) is 0 Å². The van der Waals surface area contributed by atoms with Gasteiger partial charge in [0, 0.05) is 12.2 Å². The van der Waals surface area contributed by atoms with Crippen LogP contribution in [0.2, 0.25) is 0 Å². The van der Waals surface area contributed by atoms with E-state index in [1.165, 1.54) is 5.56 Å². The lowest BCUT2D eigenvalue weighted by molar-refractivity contribution is -0.118. The summed E-state index contributed by atoms with van der Waals surface area (Å²) in [5.74, 6) is -0.900. The Hall–Kier alpha value is -2.62. The molecule has 23 heavy (non-hydrogen) atoms. The third kappa shape index (κ3) is 3.26. The van der Waals surface area contributed by atoms with Gasteiger partial charge in [0.05, 0.1) is 12.0 Å². The highest BCUT2D eigenvalue weighted by Gasteiger charge is 2.22. The standard InChI is InChI=1S/C19H19NO3/c1-13-4-7-15-3-2-10-20(17(15)11-13)18(21)12-14-5-8-16(9-6-14)19(22)23/h4-9,11H,2-3,10,12H2,1H3,(H,22,23). The molecule has 2 aromatic rings. The predicted octanol–water partition coefficient (Wildman–Crippen LogP) is 3.22. The maximum absolute atomic E-state index is 12.7. The lowest BCUT2D eigenvalue weighted by Crippen LogP contribution is -2.36. The van der Waals surface area contributed by atoms with E-state index in [2.05, 4.69) is 18.2 Å². The van der Waals surface area contributed by atoms with Gasteiger partial charge in [0.2, 0.25) is 5.91 Å². The Morgan fingerprint density at radius 1 is 1.13 bits per heavy atom. The van der Waals surface area contributed by atoms with Gasteiger partial charge in [-0.05, 0) is 54.7 Å². The molecular formula is C19H19NO3. The molecule has 0 fully saturated rings. The van der Waals surface area contributed by atoms with Crippen molar-refractivity contribution in [1.82, 2.24) is 0 Å². The maximum atomic E-state index is 12.7. The monoisotopic (exact) mass is 309 g/mol. The number of carbonyl (C=O) groups excluding carboxylic acids is 1. The van der Waals surface area contributed by atoms with Gasteiger partial charge < -0.3 is 10.0 Å². The highest BCUT2D eigenvalue weighted by molar-refractivity contribution is 5.96. The van der Waals surface area contributed by atoms with Crippen LogP contribution < -0.4 is 4.90 Å². The second-order valence-electron chi connectivity index (χ2n) is 5.96. The number of aryl methyl sites for hydroxylation is 2. The van der Waals surface area contributed by atoms with Crippen LogP contribution in [-0.4, -0.2) is 23.5 Å². The zero-order chi connectivity index (χ0) is 16.4. The molecule has 0 atom stereocenters. The van der Waals surface area contributed by atoms with Crippen LogP contribution in [0.4, 0.5) is 5.69 Å². The van der Waals surface area contributed by atoms with Crippen LogP contribution in [0.3, 0.4) is 0 Å². The molecule has 0 bridgehead atoms. The summed E-state index contributed by atoms with van der Waals surface area (Å²) in [4.78, 5) is 25.4. The summed E-state index contributed by atoms with van der Waals surface area (Å²) < 4.78 is 0. The smallest absolute Gasteiger partial charge is 0.335 e. The number of carbonyl (C=O) groups is 2. The molecule has 2 aromatic carbocycles. The fourth-order valence-electron chi connectivity index (χ4n) is 2.98. The minimum absolute atomic E-state index is 0.0552. The van der Waals surface area contributed by atoms with Gasteiger partial charge in [-0.15, -0.1) is 0 Å². The number of nitrogens with zero attached hydrogens (tertiary/aromatic N) is 1. The fourth-order valence-corrected chi connectivity index (χ4v) is 2.98. The summed E-state index contributed by atoms with van der Waals surface area (Å²) in [5, 5.41) is 8.92. The zero-order valence-electron chi connectivity index (χ0n) is 13.1. The Morgan fingerprint density at radius 2 is 1.87 bits per heavy atom. The predicted molar refractivity (Wildman–Crippen MR) is 89.0 cm³/mol. The largest absolute Gasteiger partial charge is 0.478 e. The minimum atomic E-state index is -0.955. The number of fused-ring (bicyclic) bond motifs is 1. The second kappa shape index (κ2) is 6.24. The Balaban J connectivity index is 1.79. The van der Waals surface area contributed by atoms with Gasteiger partial charge >= 0.3 is 5.97 Å². The molecule has 1 heterocycles. The van der Waals surface area contributed by atoms with Crippen molar-refractivity contribution in [2.45, 2.75) is 26.2 Å². The first-order valence-electron chi connectivity index (χ1n) is 7.77. The minimum Gasteiger partial charge on any atom is -0.478 e. The molecule has 4 heteroatoms. The first-order chi connectivity index (χ1) is 11.0. The lowest BCUT2D eigenvalue weighted by Gasteiger charge is -2.30. The Bertz CT molecular complexity index is 750. The van der Waals surface area contributed by atoms with E-state index in [1.807, 2.05) is 11.8 Å². The fraction of sp³-hybridized carbons (Fsp3) is 0.263. The summed E-state index contributed by atoms with van der Waals surface area (Å²) >= 11 is 0. The topological polar surface area (TPSA) is 57.6 Å². The molecule has 1 amide bonds. The Labute approximate surface area is 135 Å². The van der Waals surface area contributed by atoms with Gasteiger partial charge in [0.15, 0.2) is 0 Å². The number of benzene rings is 2. The molecule has 0 radical (unpaired) electrons. The molecule has 0 aliphatic carbocycles. The number of hydrogen-bond acceptors (Lipinski definition) is 2. The third-order valence-electron chi connectivity index (χ3n) is 4.22. The molecule has 1 aliphatic heterocycles. The Morgan fingerprint density at radius 3 is 2.57 bits per heavy atom. The highest BCUT2D eigenvalue weighted by atomic mass is 16.4. The van der Waals surface area contributed by atoms with Crippen molar-refractivity contribution in [3.8, 4) is 0 Å². The van der Waals surface area contributed by atoms with E-state index in [-0.39, 0.29) is 17.9 Å². The Kier molecular flexibility index (Phi) is 4.15. The molecule has 3 rings (SSSR count). The molecule has 1 N–H and O–H groups in total. The van der Waals surface area contributed by atoms with Gasteiger partial charge in [-0.25, -0.2) is 4.79 Å². The molecule has 118 valence electrons. The van der Waals surface area contributed by atoms with E-state index in [0.717, 1.165) is 36.2 Å². The van der Waals surface area contributed by atoms with E-state index in [9.17, 15) is 9.59 Å². The maximum Gasteiger partial charge on any atom is 0.335 e. The molecule has 0 saturated heterocycles. The van der Waals surface area contributed by atoms with Crippen molar-refractivity contribution >= 4 is 17.6 Å². The van der Waals surface area contributed by atoms with Gasteiger partial charge in [0.25, 0.3) is 0 Å². The van der Waals surface area contributed by atoms with E-state index >= 15 is 0 Å². The molecule has 0 spiro atoms. The zero-order valence-corrected chi connectivity index (χ0v) is 13.1. The quantitative estimate of drug-likeness (QED) is 0.947. The van der Waals surface area contributed by atoms with Crippen LogP contribution >= 0.6 is 0 Å². The number of carboxylic acid groups (broad SMARTS) is 1.